The minimum Gasteiger partial charge on any atom is -0.487 e. The fourth-order valence-corrected chi connectivity index (χ4v) is 1.42. The van der Waals surface area contributed by atoms with Gasteiger partial charge in [0.2, 0.25) is 11.6 Å². The summed E-state index contributed by atoms with van der Waals surface area (Å²) in [5, 5.41) is 8.76. The highest BCUT2D eigenvalue weighted by Crippen LogP contribution is 2.27. The van der Waals surface area contributed by atoms with Crippen molar-refractivity contribution in [2.75, 3.05) is 6.61 Å². The van der Waals surface area contributed by atoms with Crippen molar-refractivity contribution in [3.8, 4) is 11.8 Å². The number of benzene rings is 1. The number of nitrogens with zero attached hydrogens (tertiary/aromatic N) is 1. The molecule has 19 heavy (non-hydrogen) atoms. The van der Waals surface area contributed by atoms with Crippen molar-refractivity contribution in [2.45, 2.75) is 26.7 Å². The van der Waals surface area contributed by atoms with Crippen LogP contribution < -0.4 is 4.74 Å². The van der Waals surface area contributed by atoms with Gasteiger partial charge in [0, 0.05) is 6.07 Å². The fourth-order valence-electron chi connectivity index (χ4n) is 1.42. The van der Waals surface area contributed by atoms with Gasteiger partial charge in [-0.3, -0.25) is 0 Å². The summed E-state index contributed by atoms with van der Waals surface area (Å²) in [6.07, 6.45) is 0.766. The molecule has 0 atom stereocenters. The van der Waals surface area contributed by atoms with Gasteiger partial charge >= 0.3 is 0 Å². The number of rotatable bonds is 5. The smallest absolute Gasteiger partial charge is 0.203 e. The maximum Gasteiger partial charge on any atom is 0.203 e. The Morgan fingerprint density at radius 3 is 2.16 bits per heavy atom. The van der Waals surface area contributed by atoms with Crippen molar-refractivity contribution in [3.63, 3.8) is 0 Å². The molecule has 6 heteroatoms. The summed E-state index contributed by atoms with van der Waals surface area (Å²) in [6.45, 7) is 3.27. The van der Waals surface area contributed by atoms with Crippen LogP contribution in [0, 0.1) is 40.0 Å². The van der Waals surface area contributed by atoms with Gasteiger partial charge in [-0.15, -0.1) is 0 Å². The zero-order valence-corrected chi connectivity index (χ0v) is 10.6. The lowest BCUT2D eigenvalue weighted by Gasteiger charge is -2.15. The van der Waals surface area contributed by atoms with Gasteiger partial charge in [0.1, 0.15) is 0 Å². The lowest BCUT2D eigenvalue weighted by Crippen LogP contribution is -2.11. The summed E-state index contributed by atoms with van der Waals surface area (Å²) in [5.74, 6) is -7.19. The summed E-state index contributed by atoms with van der Waals surface area (Å²) in [7, 11) is 0. The van der Waals surface area contributed by atoms with Gasteiger partial charge in [0.05, 0.1) is 18.1 Å². The van der Waals surface area contributed by atoms with Gasteiger partial charge in [-0.2, -0.15) is 14.0 Å². The Bertz CT molecular complexity index is 482. The first-order chi connectivity index (χ1) is 8.78. The topological polar surface area (TPSA) is 33.0 Å². The molecule has 104 valence electrons. The molecule has 0 aromatic heterocycles. The first-order valence-electron chi connectivity index (χ1n) is 5.65. The van der Waals surface area contributed by atoms with Crippen molar-refractivity contribution in [3.05, 3.63) is 29.3 Å². The monoisotopic (exact) mass is 275 g/mol. The van der Waals surface area contributed by atoms with E-state index < -0.39 is 34.4 Å². The minimum absolute atomic E-state index is 0.121. The largest absolute Gasteiger partial charge is 0.487 e. The summed E-state index contributed by atoms with van der Waals surface area (Å²) >= 11 is 0. The van der Waals surface area contributed by atoms with Crippen LogP contribution in [-0.2, 0) is 0 Å². The van der Waals surface area contributed by atoms with E-state index in [0.29, 0.717) is 12.8 Å². The molecule has 0 spiro atoms. The van der Waals surface area contributed by atoms with Crippen LogP contribution in [0.1, 0.15) is 26.7 Å². The van der Waals surface area contributed by atoms with E-state index in [-0.39, 0.29) is 12.7 Å². The molecule has 1 aromatic rings. The number of halogens is 4. The third kappa shape index (κ3) is 3.85. The van der Waals surface area contributed by atoms with Crippen molar-refractivity contribution >= 4 is 0 Å². The van der Waals surface area contributed by atoms with Gasteiger partial charge in [-0.1, -0.05) is 0 Å². The highest BCUT2D eigenvalue weighted by molar-refractivity contribution is 5.28. The molecule has 0 aliphatic carbocycles. The molecular weight excluding hydrogens is 262 g/mol. The number of hydrogen-bond acceptors (Lipinski definition) is 2. The Balaban J connectivity index is 2.67. The third-order valence-electron chi connectivity index (χ3n) is 2.57. The average molecular weight is 275 g/mol. The molecule has 0 saturated heterocycles. The summed E-state index contributed by atoms with van der Waals surface area (Å²) in [6, 6.07) is 2.18. The van der Waals surface area contributed by atoms with Crippen LogP contribution in [0.2, 0.25) is 0 Å². The Morgan fingerprint density at radius 1 is 1.16 bits per heavy atom. The SMILES string of the molecule is CC(C)(C#N)CCCOc1c(F)c(F)cc(F)c1F. The molecule has 0 N–H and O–H groups in total. The van der Waals surface area contributed by atoms with Crippen molar-refractivity contribution in [1.29, 1.82) is 5.26 Å². The maximum atomic E-state index is 13.2. The van der Waals surface area contributed by atoms with E-state index >= 15 is 0 Å². The molecule has 0 bridgehead atoms. The molecule has 0 unspecified atom stereocenters. The third-order valence-corrected chi connectivity index (χ3v) is 2.57. The molecule has 1 aromatic carbocycles. The van der Waals surface area contributed by atoms with Gasteiger partial charge in [-0.05, 0) is 26.7 Å². The molecule has 0 radical (unpaired) electrons. The predicted molar refractivity (Wildman–Crippen MR) is 60.4 cm³/mol. The van der Waals surface area contributed by atoms with E-state index in [4.69, 9.17) is 10.00 Å². The van der Waals surface area contributed by atoms with Gasteiger partial charge in [-0.25, -0.2) is 8.78 Å². The molecule has 0 amide bonds. The first-order valence-corrected chi connectivity index (χ1v) is 5.65. The normalized spacial score (nSPS) is 11.2. The molecular formula is C13H13F4NO. The van der Waals surface area contributed by atoms with E-state index in [9.17, 15) is 17.6 Å². The second-order valence-corrected chi connectivity index (χ2v) is 4.75. The van der Waals surface area contributed by atoms with Crippen LogP contribution in [-0.4, -0.2) is 6.61 Å². The van der Waals surface area contributed by atoms with E-state index in [1.807, 2.05) is 0 Å². The van der Waals surface area contributed by atoms with Crippen LogP contribution in [0.5, 0.6) is 5.75 Å². The lowest BCUT2D eigenvalue weighted by molar-refractivity contribution is 0.251. The van der Waals surface area contributed by atoms with Gasteiger partial charge in [0.15, 0.2) is 17.4 Å². The van der Waals surface area contributed by atoms with Crippen LogP contribution in [0.15, 0.2) is 6.07 Å². The predicted octanol–water partition coefficient (Wildman–Crippen LogP) is 3.95. The van der Waals surface area contributed by atoms with E-state index in [0.717, 1.165) is 0 Å². The Hall–Kier alpha value is -1.77. The lowest BCUT2D eigenvalue weighted by atomic mass is 9.90. The zero-order chi connectivity index (χ0) is 14.6. The second-order valence-electron chi connectivity index (χ2n) is 4.75. The first kappa shape index (κ1) is 15.3. The molecule has 0 aliphatic rings. The molecule has 0 heterocycles. The molecule has 0 saturated carbocycles. The Kier molecular flexibility index (Phi) is 4.76. The van der Waals surface area contributed by atoms with Gasteiger partial charge < -0.3 is 4.74 Å². The minimum atomic E-state index is -1.56. The number of nitriles is 1. The molecule has 0 aliphatic heterocycles. The maximum absolute atomic E-state index is 13.2. The van der Waals surface area contributed by atoms with Gasteiger partial charge in [0.25, 0.3) is 0 Å². The highest BCUT2D eigenvalue weighted by atomic mass is 19.2. The van der Waals surface area contributed by atoms with E-state index in [2.05, 4.69) is 6.07 Å². The second kappa shape index (κ2) is 5.91. The quantitative estimate of drug-likeness (QED) is 0.463. The fraction of sp³-hybridized carbons (Fsp3) is 0.462. The van der Waals surface area contributed by atoms with Crippen molar-refractivity contribution in [2.24, 2.45) is 5.41 Å². The Morgan fingerprint density at radius 2 is 1.68 bits per heavy atom. The highest BCUT2D eigenvalue weighted by Gasteiger charge is 2.21. The van der Waals surface area contributed by atoms with Crippen LogP contribution in [0.25, 0.3) is 0 Å². The van der Waals surface area contributed by atoms with Crippen LogP contribution in [0.3, 0.4) is 0 Å². The molecule has 1 rings (SSSR count). The average Bonchev–Trinajstić information content (AvgIpc) is 2.35. The zero-order valence-electron chi connectivity index (χ0n) is 10.6. The Labute approximate surface area is 108 Å². The molecule has 0 fully saturated rings. The number of hydrogen-bond donors (Lipinski definition) is 0. The summed E-state index contributed by atoms with van der Waals surface area (Å²) < 4.78 is 56.9. The van der Waals surface area contributed by atoms with E-state index in [1.165, 1.54) is 0 Å². The molecule has 2 nitrogen and oxygen atoms in total. The van der Waals surface area contributed by atoms with Crippen LogP contribution in [0.4, 0.5) is 17.6 Å². The standard InChI is InChI=1S/C13H13F4NO/c1-13(2,7-18)4-3-5-19-12-10(16)8(14)6-9(15)11(12)17/h6H,3-5H2,1-2H3. The van der Waals surface area contributed by atoms with Crippen molar-refractivity contribution < 1.29 is 22.3 Å². The van der Waals surface area contributed by atoms with E-state index in [1.54, 1.807) is 13.8 Å². The van der Waals surface area contributed by atoms with Crippen LogP contribution >= 0.6 is 0 Å². The summed E-state index contributed by atoms with van der Waals surface area (Å²) in [4.78, 5) is 0. The summed E-state index contributed by atoms with van der Waals surface area (Å²) in [5.41, 5.74) is -0.590. The van der Waals surface area contributed by atoms with Crippen molar-refractivity contribution in [1.82, 2.24) is 0 Å². The number of ether oxygens (including phenoxy) is 1.